The maximum absolute atomic E-state index is 14.3. The molecule has 0 saturated carbocycles. The van der Waals surface area contributed by atoms with Crippen molar-refractivity contribution < 1.29 is 24.2 Å². The highest BCUT2D eigenvalue weighted by molar-refractivity contribution is 7.13. The van der Waals surface area contributed by atoms with E-state index in [0.29, 0.717) is 49.4 Å². The van der Waals surface area contributed by atoms with Crippen LogP contribution in [0.15, 0.2) is 66.3 Å². The minimum Gasteiger partial charge on any atom is -0.504 e. The third kappa shape index (κ3) is 8.91. The number of nitrogens with one attached hydrogen (secondary N) is 2. The number of thiazole rings is 1. The fraction of sp³-hybridized carbons (Fsp3) is 0.439. The van der Waals surface area contributed by atoms with Crippen molar-refractivity contribution in [1.29, 1.82) is 0 Å². The summed E-state index contributed by atoms with van der Waals surface area (Å²) in [6, 6.07) is 12.9. The van der Waals surface area contributed by atoms with Crippen LogP contribution in [-0.2, 0) is 9.59 Å². The Morgan fingerprint density at radius 1 is 1.11 bits per heavy atom. The van der Waals surface area contributed by atoms with Gasteiger partial charge in [0.05, 0.1) is 39.6 Å². The summed E-state index contributed by atoms with van der Waals surface area (Å²) in [5.74, 6) is -1.42. The van der Waals surface area contributed by atoms with Crippen molar-refractivity contribution in [2.24, 2.45) is 11.3 Å². The Labute approximate surface area is 325 Å². The molecule has 6 N–H and O–H groups in total. The number of aromatic nitrogens is 3. The van der Waals surface area contributed by atoms with Crippen LogP contribution < -0.4 is 21.3 Å². The lowest BCUT2D eigenvalue weighted by atomic mass is 9.85. The fourth-order valence-corrected chi connectivity index (χ4v) is 8.33. The number of aliphatic hydroxyl groups excluding tert-OH is 1. The van der Waals surface area contributed by atoms with Crippen molar-refractivity contribution >= 4 is 34.7 Å². The number of phenols is 1. The van der Waals surface area contributed by atoms with E-state index in [1.165, 1.54) is 12.1 Å². The number of rotatable bonds is 11. The number of benzene rings is 2. The van der Waals surface area contributed by atoms with Gasteiger partial charge < -0.3 is 36.4 Å². The van der Waals surface area contributed by atoms with Gasteiger partial charge in [0.2, 0.25) is 11.8 Å². The summed E-state index contributed by atoms with van der Waals surface area (Å²) in [5, 5.41) is 35.7. The number of amides is 2. The average molecular weight is 771 g/mol. The molecule has 14 heteroatoms. The van der Waals surface area contributed by atoms with E-state index in [0.717, 1.165) is 21.7 Å². The molecule has 55 heavy (non-hydrogen) atoms. The molecule has 2 aromatic carbocycles. The number of piperidine rings is 1. The van der Waals surface area contributed by atoms with Crippen molar-refractivity contribution in [3.05, 3.63) is 83.4 Å². The molecule has 0 bridgehead atoms. The Morgan fingerprint density at radius 2 is 1.82 bits per heavy atom. The molecule has 4 atom stereocenters. The van der Waals surface area contributed by atoms with Crippen molar-refractivity contribution in [2.45, 2.75) is 84.5 Å². The van der Waals surface area contributed by atoms with Crippen LogP contribution in [0.25, 0.3) is 21.7 Å². The topological polar surface area (TPSA) is 170 Å². The Kier molecular flexibility index (Phi) is 11.8. The van der Waals surface area contributed by atoms with Crippen LogP contribution in [0, 0.1) is 24.1 Å². The van der Waals surface area contributed by atoms with Gasteiger partial charge in [-0.3, -0.25) is 9.59 Å². The molecule has 0 spiro atoms. The first-order valence-electron chi connectivity index (χ1n) is 18.7. The number of aryl methyl sites for hydroxylation is 1. The predicted octanol–water partition coefficient (Wildman–Crippen LogP) is 5.97. The summed E-state index contributed by atoms with van der Waals surface area (Å²) >= 11 is 1.61. The third-order valence-corrected chi connectivity index (χ3v) is 11.7. The number of halogens is 1. The first kappa shape index (κ1) is 39.6. The first-order valence-corrected chi connectivity index (χ1v) is 19.6. The maximum Gasteiger partial charge on any atom is 0.246 e. The minimum atomic E-state index is -0.818. The second kappa shape index (κ2) is 16.3. The number of β-amino-alcohol motifs (C(OH)–C–C–N with tert-alkyl or cyclic N) is 1. The van der Waals surface area contributed by atoms with E-state index in [1.807, 2.05) is 40.1 Å². The number of phenolic OH excluding ortho intramolecular Hbond substituents is 1. The van der Waals surface area contributed by atoms with Gasteiger partial charge in [0.15, 0.2) is 17.4 Å². The molecule has 2 fully saturated rings. The molecule has 4 heterocycles. The van der Waals surface area contributed by atoms with Crippen LogP contribution in [0.1, 0.15) is 70.7 Å². The largest absolute Gasteiger partial charge is 0.504 e. The van der Waals surface area contributed by atoms with Crippen molar-refractivity contribution in [1.82, 2.24) is 30.7 Å². The number of hydrogen-bond acceptors (Lipinski definition) is 11. The predicted molar refractivity (Wildman–Crippen MR) is 214 cm³/mol. The maximum atomic E-state index is 14.3. The Hall–Kier alpha value is -5.08. The number of aliphatic hydroxyl groups is 1. The molecule has 2 aliphatic heterocycles. The van der Waals surface area contributed by atoms with E-state index >= 15 is 0 Å². The standard InChI is InChI=1S/C41H51FN8O4S/c1-23(27-10-12-28(13-11-27)37-25(3)44-22-55-37)45-24(2)33-19-29(51)21-50(33)40(54)38(41(4,5)6)46-35(52)18-26-14-16-49(17-15-26)34-20-32(47-48-39(34)43)30-8-7-9-31(42)36(30)53/h7-13,20,22-23,26,29,33,38,45,51,53H,2,14-19,21H2,1,3-6H3,(H2,43,48)(H,46,52)/t23-,29+,33-,38+/m0/s1. The fourth-order valence-electron chi connectivity index (χ4n) is 7.52. The average Bonchev–Trinajstić information content (AvgIpc) is 3.77. The van der Waals surface area contributed by atoms with Gasteiger partial charge in [-0.1, -0.05) is 57.7 Å². The van der Waals surface area contributed by atoms with Crippen molar-refractivity contribution in [3.63, 3.8) is 0 Å². The summed E-state index contributed by atoms with van der Waals surface area (Å²) in [4.78, 5) is 37.1. The molecule has 6 rings (SSSR count). The number of anilines is 2. The van der Waals surface area contributed by atoms with Gasteiger partial charge >= 0.3 is 0 Å². The SMILES string of the molecule is C=C(N[C@@H](C)c1ccc(-c2scnc2C)cc1)[C@@H]1C[C@@H](O)CN1C(=O)[C@@H](NC(=O)CC1CCN(c2cc(-c3cccc(F)c3O)nnc2N)CC1)C(C)(C)C. The van der Waals surface area contributed by atoms with E-state index in [1.54, 1.807) is 28.4 Å². The second-order valence-corrected chi connectivity index (χ2v) is 16.7. The number of nitrogen functional groups attached to an aromatic ring is 1. The Balaban J connectivity index is 1.06. The van der Waals surface area contributed by atoms with E-state index in [-0.39, 0.29) is 48.1 Å². The molecule has 2 saturated heterocycles. The molecular formula is C41H51FN8O4S. The van der Waals surface area contributed by atoms with Gasteiger partial charge in [-0.05, 0) is 67.3 Å². The molecule has 2 aromatic heterocycles. The van der Waals surface area contributed by atoms with Crippen molar-refractivity contribution in [3.8, 4) is 27.4 Å². The monoisotopic (exact) mass is 770 g/mol. The second-order valence-electron chi connectivity index (χ2n) is 15.8. The molecule has 0 radical (unpaired) electrons. The number of nitrogens with zero attached hydrogens (tertiary/aromatic N) is 5. The smallest absolute Gasteiger partial charge is 0.246 e. The van der Waals surface area contributed by atoms with Crippen LogP contribution in [0.4, 0.5) is 15.9 Å². The Bertz CT molecular complexity index is 2030. The molecule has 0 unspecified atom stereocenters. The highest BCUT2D eigenvalue weighted by Crippen LogP contribution is 2.36. The first-order chi connectivity index (χ1) is 26.1. The zero-order valence-electron chi connectivity index (χ0n) is 32.1. The lowest BCUT2D eigenvalue weighted by molar-refractivity contribution is -0.140. The van der Waals surface area contributed by atoms with Gasteiger partial charge in [0.25, 0.3) is 0 Å². The highest BCUT2D eigenvalue weighted by Gasteiger charge is 2.43. The third-order valence-electron chi connectivity index (χ3n) is 10.7. The number of carbonyl (C=O) groups excluding carboxylic acids is 2. The van der Waals surface area contributed by atoms with Crippen LogP contribution in [-0.4, -0.2) is 79.9 Å². The van der Waals surface area contributed by atoms with Crippen LogP contribution in [0.3, 0.4) is 0 Å². The summed E-state index contributed by atoms with van der Waals surface area (Å²) in [6.45, 7) is 15.5. The molecule has 292 valence electrons. The normalized spacial score (nSPS) is 18.9. The van der Waals surface area contributed by atoms with Gasteiger partial charge in [-0.2, -0.15) is 0 Å². The van der Waals surface area contributed by atoms with E-state index < -0.39 is 35.2 Å². The number of carbonyl (C=O) groups is 2. The number of aromatic hydroxyl groups is 1. The molecule has 4 aromatic rings. The number of hydrogen-bond donors (Lipinski definition) is 5. The quantitative estimate of drug-likeness (QED) is 0.123. The number of para-hydroxylation sites is 1. The summed E-state index contributed by atoms with van der Waals surface area (Å²) in [5.41, 5.74) is 12.4. The molecule has 0 aliphatic carbocycles. The summed E-state index contributed by atoms with van der Waals surface area (Å²) < 4.78 is 14.0. The Morgan fingerprint density at radius 3 is 2.47 bits per heavy atom. The number of likely N-dealkylation sites (tertiary alicyclic amines) is 1. The van der Waals surface area contributed by atoms with Gasteiger partial charge in [-0.15, -0.1) is 21.5 Å². The zero-order valence-corrected chi connectivity index (χ0v) is 32.9. The van der Waals surface area contributed by atoms with Crippen molar-refractivity contribution in [2.75, 3.05) is 30.3 Å². The lowest BCUT2D eigenvalue weighted by Gasteiger charge is -2.37. The van der Waals surface area contributed by atoms with Gasteiger partial charge in [-0.25, -0.2) is 9.37 Å². The van der Waals surface area contributed by atoms with Gasteiger partial charge in [0, 0.05) is 49.8 Å². The zero-order chi connectivity index (χ0) is 39.6. The molecule has 12 nitrogen and oxygen atoms in total. The lowest BCUT2D eigenvalue weighted by Crippen LogP contribution is -2.56. The van der Waals surface area contributed by atoms with Crippen LogP contribution in [0.5, 0.6) is 5.75 Å². The van der Waals surface area contributed by atoms with E-state index in [9.17, 15) is 24.2 Å². The number of nitrogens with two attached hydrogens (primary N) is 1. The van der Waals surface area contributed by atoms with Gasteiger partial charge in [0.1, 0.15) is 6.04 Å². The molecular weight excluding hydrogens is 720 g/mol. The van der Waals surface area contributed by atoms with E-state index in [4.69, 9.17) is 5.73 Å². The highest BCUT2D eigenvalue weighted by atomic mass is 32.1. The summed E-state index contributed by atoms with van der Waals surface area (Å²) in [7, 11) is 0. The molecule has 2 aliphatic rings. The van der Waals surface area contributed by atoms with Crippen LogP contribution >= 0.6 is 11.3 Å². The molecule has 2 amide bonds. The summed E-state index contributed by atoms with van der Waals surface area (Å²) in [6.07, 6.45) is 1.27. The van der Waals surface area contributed by atoms with E-state index in [2.05, 4.69) is 61.6 Å². The minimum absolute atomic E-state index is 0.0709. The van der Waals surface area contributed by atoms with Crippen LogP contribution in [0.2, 0.25) is 0 Å².